The van der Waals surface area contributed by atoms with E-state index in [1.165, 1.54) is 0 Å². The summed E-state index contributed by atoms with van der Waals surface area (Å²) in [6, 6.07) is 5.12. The topological polar surface area (TPSA) is 75.0 Å². The molecule has 6 nitrogen and oxygen atoms in total. The van der Waals surface area contributed by atoms with Gasteiger partial charge in [0.25, 0.3) is 0 Å². The summed E-state index contributed by atoms with van der Waals surface area (Å²) in [5.41, 5.74) is 0.935. The smallest absolute Gasteiger partial charge is 0.245 e. The maximum absolute atomic E-state index is 15.4. The van der Waals surface area contributed by atoms with E-state index in [2.05, 4.69) is 34.0 Å². The number of aromatic nitrogens is 4. The number of hydrogen-bond acceptors (Lipinski definition) is 6. The summed E-state index contributed by atoms with van der Waals surface area (Å²) >= 11 is 0. The van der Waals surface area contributed by atoms with Gasteiger partial charge in [0.05, 0.1) is 12.2 Å². The molecule has 0 unspecified atom stereocenters. The molecular formula is C23H26FN5O. The highest BCUT2D eigenvalue weighted by Gasteiger charge is 2.56. The van der Waals surface area contributed by atoms with Crippen LogP contribution in [0.5, 0.6) is 5.75 Å². The van der Waals surface area contributed by atoms with E-state index < -0.39 is 6.17 Å². The monoisotopic (exact) mass is 407 g/mol. The van der Waals surface area contributed by atoms with Gasteiger partial charge in [-0.25, -0.2) is 9.37 Å². The van der Waals surface area contributed by atoms with Crippen molar-refractivity contribution < 1.29 is 9.50 Å². The minimum Gasteiger partial charge on any atom is -0.507 e. The van der Waals surface area contributed by atoms with Gasteiger partial charge in [-0.05, 0) is 54.7 Å². The Morgan fingerprint density at radius 3 is 2.73 bits per heavy atom. The molecule has 2 heterocycles. The van der Waals surface area contributed by atoms with E-state index in [1.807, 2.05) is 24.1 Å². The number of nitrogens with zero attached hydrogens (tertiary/aromatic N) is 5. The number of fused-ring (bicyclic) bond motifs is 3. The average Bonchev–Trinajstić information content (AvgIpc) is 3.02. The quantitative estimate of drug-likeness (QED) is 0.687. The van der Waals surface area contributed by atoms with E-state index in [0.717, 1.165) is 36.5 Å². The third kappa shape index (κ3) is 2.99. The lowest BCUT2D eigenvalue weighted by Crippen LogP contribution is -2.52. The van der Waals surface area contributed by atoms with Gasteiger partial charge in [0.1, 0.15) is 17.6 Å². The fourth-order valence-electron chi connectivity index (χ4n) is 5.59. The first kappa shape index (κ1) is 19.2. The molecule has 2 aromatic heterocycles. The fourth-order valence-corrected chi connectivity index (χ4v) is 5.59. The van der Waals surface area contributed by atoms with E-state index in [0.29, 0.717) is 17.2 Å². The van der Waals surface area contributed by atoms with Crippen LogP contribution in [0.4, 0.5) is 10.3 Å². The molecule has 0 saturated heterocycles. The standard InChI is InChI=1S/C23H26FN5O/c1-22-5-6-23(2,13-22)20(24)18(10-22)29(3)21-26-12-17(27-28-21)16-8-14-4-7-25-11-15(14)9-19(16)30/h4,7-9,11-12,18,20,30H,5-6,10,13H2,1-3H3/t18-,20-,22-,23-/m0/s1. The molecule has 4 atom stereocenters. The van der Waals surface area contributed by atoms with Gasteiger partial charge in [0.15, 0.2) is 0 Å². The molecule has 5 rings (SSSR count). The molecule has 0 spiro atoms. The van der Waals surface area contributed by atoms with Crippen LogP contribution in [0.25, 0.3) is 22.0 Å². The van der Waals surface area contributed by atoms with Crippen molar-refractivity contribution in [2.45, 2.75) is 51.7 Å². The number of halogens is 1. The molecule has 0 radical (unpaired) electrons. The first-order valence-electron chi connectivity index (χ1n) is 10.4. The number of rotatable bonds is 3. The summed E-state index contributed by atoms with van der Waals surface area (Å²) in [7, 11) is 1.85. The van der Waals surface area contributed by atoms with Crippen molar-refractivity contribution in [3.8, 4) is 17.0 Å². The maximum atomic E-state index is 15.4. The predicted molar refractivity (Wildman–Crippen MR) is 114 cm³/mol. The zero-order valence-electron chi connectivity index (χ0n) is 17.5. The third-order valence-electron chi connectivity index (χ3n) is 7.23. The molecule has 2 aliphatic carbocycles. The number of phenols is 1. The Morgan fingerprint density at radius 2 is 1.97 bits per heavy atom. The lowest BCUT2D eigenvalue weighted by atomic mass is 9.67. The van der Waals surface area contributed by atoms with Crippen molar-refractivity contribution in [2.75, 3.05) is 11.9 Å². The zero-order valence-corrected chi connectivity index (χ0v) is 17.5. The summed E-state index contributed by atoms with van der Waals surface area (Å²) in [4.78, 5) is 10.4. The lowest BCUT2D eigenvalue weighted by Gasteiger charge is -2.46. The molecule has 2 bridgehead atoms. The van der Waals surface area contributed by atoms with Crippen LogP contribution in [-0.2, 0) is 0 Å². The van der Waals surface area contributed by atoms with E-state index in [9.17, 15) is 5.11 Å². The summed E-state index contributed by atoms with van der Waals surface area (Å²) in [5.74, 6) is 0.505. The number of phenolic OH excluding ortho intramolecular Hbond substituents is 1. The molecule has 0 aliphatic heterocycles. The molecule has 30 heavy (non-hydrogen) atoms. The van der Waals surface area contributed by atoms with Crippen molar-refractivity contribution in [3.63, 3.8) is 0 Å². The molecule has 1 aromatic carbocycles. The highest BCUT2D eigenvalue weighted by Crippen LogP contribution is 2.59. The Labute approximate surface area is 175 Å². The normalized spacial score (nSPS) is 30.5. The second-order valence-corrected chi connectivity index (χ2v) is 9.66. The van der Waals surface area contributed by atoms with Crippen LogP contribution in [0.2, 0.25) is 0 Å². The second-order valence-electron chi connectivity index (χ2n) is 9.66. The van der Waals surface area contributed by atoms with Crippen molar-refractivity contribution >= 4 is 16.7 Å². The van der Waals surface area contributed by atoms with Crippen molar-refractivity contribution in [3.05, 3.63) is 36.8 Å². The molecule has 2 fully saturated rings. The van der Waals surface area contributed by atoms with E-state index in [4.69, 9.17) is 0 Å². The highest BCUT2D eigenvalue weighted by molar-refractivity contribution is 5.89. The predicted octanol–water partition coefficient (Wildman–Crippen LogP) is 4.54. The number of anilines is 1. The summed E-state index contributed by atoms with van der Waals surface area (Å²) in [5, 5.41) is 20.8. The zero-order chi connectivity index (χ0) is 21.1. The molecule has 156 valence electrons. The third-order valence-corrected chi connectivity index (χ3v) is 7.23. The van der Waals surface area contributed by atoms with Gasteiger partial charge in [-0.1, -0.05) is 13.8 Å². The summed E-state index contributed by atoms with van der Waals surface area (Å²) in [6.45, 7) is 4.34. The number of aromatic hydroxyl groups is 1. The minimum atomic E-state index is -0.917. The minimum absolute atomic E-state index is 0.0984. The first-order valence-corrected chi connectivity index (χ1v) is 10.4. The van der Waals surface area contributed by atoms with Crippen LogP contribution in [0.15, 0.2) is 36.8 Å². The van der Waals surface area contributed by atoms with Crippen molar-refractivity contribution in [1.82, 2.24) is 20.2 Å². The van der Waals surface area contributed by atoms with Crippen LogP contribution in [0, 0.1) is 10.8 Å². The van der Waals surface area contributed by atoms with Crippen molar-refractivity contribution in [1.29, 1.82) is 0 Å². The number of hydrogen-bond donors (Lipinski definition) is 1. The van der Waals surface area contributed by atoms with E-state index in [1.54, 1.807) is 24.7 Å². The van der Waals surface area contributed by atoms with Gasteiger partial charge in [-0.2, -0.15) is 0 Å². The van der Waals surface area contributed by atoms with Gasteiger partial charge in [-0.15, -0.1) is 10.2 Å². The first-order chi connectivity index (χ1) is 14.3. The Morgan fingerprint density at radius 1 is 1.13 bits per heavy atom. The summed E-state index contributed by atoms with van der Waals surface area (Å²) < 4.78 is 15.4. The van der Waals surface area contributed by atoms with Gasteiger partial charge < -0.3 is 10.0 Å². The maximum Gasteiger partial charge on any atom is 0.245 e. The number of alkyl halides is 1. The SMILES string of the molecule is CN(c1ncc(-c2cc3ccncc3cc2O)nn1)[C@H]1C[C@]2(C)CC[C@@](C)(C2)[C@H]1F. The average molecular weight is 407 g/mol. The number of pyridine rings is 1. The molecule has 3 aromatic rings. The lowest BCUT2D eigenvalue weighted by molar-refractivity contribution is 0.0378. The highest BCUT2D eigenvalue weighted by atomic mass is 19.1. The van der Waals surface area contributed by atoms with E-state index in [-0.39, 0.29) is 22.6 Å². The van der Waals surface area contributed by atoms with Crippen LogP contribution >= 0.6 is 0 Å². The van der Waals surface area contributed by atoms with Gasteiger partial charge in [0, 0.05) is 35.8 Å². The van der Waals surface area contributed by atoms with Crippen molar-refractivity contribution in [2.24, 2.45) is 10.8 Å². The Hall–Kier alpha value is -2.83. The van der Waals surface area contributed by atoms with Crippen LogP contribution in [0.1, 0.15) is 39.5 Å². The van der Waals surface area contributed by atoms with Gasteiger partial charge in [0.2, 0.25) is 5.95 Å². The Balaban J connectivity index is 1.43. The van der Waals surface area contributed by atoms with Gasteiger partial charge >= 0.3 is 0 Å². The molecule has 0 amide bonds. The summed E-state index contributed by atoms with van der Waals surface area (Å²) in [6.07, 6.45) is 7.83. The van der Waals surface area contributed by atoms with E-state index >= 15 is 4.39 Å². The van der Waals surface area contributed by atoms with Crippen LogP contribution < -0.4 is 4.90 Å². The number of benzene rings is 1. The molecule has 2 saturated carbocycles. The molecule has 1 N–H and O–H groups in total. The molecule has 2 aliphatic rings. The molecule has 7 heteroatoms. The Kier molecular flexibility index (Phi) is 4.21. The fraction of sp³-hybridized carbons (Fsp3) is 0.478. The van der Waals surface area contributed by atoms with Crippen LogP contribution in [0.3, 0.4) is 0 Å². The molecular weight excluding hydrogens is 381 g/mol. The second kappa shape index (κ2) is 6.59. The largest absolute Gasteiger partial charge is 0.507 e. The Bertz CT molecular complexity index is 1110. The van der Waals surface area contributed by atoms with Gasteiger partial charge in [-0.3, -0.25) is 4.98 Å². The van der Waals surface area contributed by atoms with Crippen LogP contribution in [-0.4, -0.2) is 44.5 Å².